The third-order valence-electron chi connectivity index (χ3n) is 4.13. The number of ether oxygens (including phenoxy) is 2. The normalized spacial score (nSPS) is 12.7. The lowest BCUT2D eigenvalue weighted by Crippen LogP contribution is -2.16. The molecule has 0 unspecified atom stereocenters. The molecule has 0 radical (unpaired) electrons. The Balaban J connectivity index is 1.56. The second-order valence-corrected chi connectivity index (χ2v) is 5.84. The van der Waals surface area contributed by atoms with Crippen molar-refractivity contribution in [3.8, 4) is 17.2 Å². The minimum absolute atomic E-state index is 0.285. The van der Waals surface area contributed by atoms with E-state index in [2.05, 4.69) is 10.4 Å². The van der Waals surface area contributed by atoms with Gasteiger partial charge in [-0.2, -0.15) is 5.10 Å². The van der Waals surface area contributed by atoms with E-state index in [1.54, 1.807) is 41.9 Å². The van der Waals surface area contributed by atoms with E-state index in [1.807, 2.05) is 0 Å². The van der Waals surface area contributed by atoms with E-state index in [9.17, 15) is 9.18 Å². The van der Waals surface area contributed by atoms with E-state index in [0.29, 0.717) is 47.3 Å². The molecule has 2 aromatic carbocycles. The second kappa shape index (κ2) is 6.51. The quantitative estimate of drug-likeness (QED) is 0.784. The van der Waals surface area contributed by atoms with Gasteiger partial charge < -0.3 is 14.8 Å². The first-order chi connectivity index (χ1) is 12.6. The highest BCUT2D eigenvalue weighted by Gasteiger charge is 2.17. The summed E-state index contributed by atoms with van der Waals surface area (Å²) < 4.78 is 25.7. The smallest absolute Gasteiger partial charge is 0.259 e. The predicted octanol–water partition coefficient (Wildman–Crippen LogP) is 3.34. The standard InChI is InChI=1S/C19H16FN3O3/c1-12-16(11-21-23(12)15-5-2-13(20)3-6-15)19(24)22-14-4-7-17-18(10-14)26-9-8-25-17/h2-7,10-11H,8-9H2,1H3,(H,22,24). The lowest BCUT2D eigenvalue weighted by Gasteiger charge is -2.19. The summed E-state index contributed by atoms with van der Waals surface area (Å²) in [5.74, 6) is 0.657. The zero-order valence-electron chi connectivity index (χ0n) is 14.0. The van der Waals surface area contributed by atoms with E-state index in [1.165, 1.54) is 18.3 Å². The molecule has 0 saturated carbocycles. The minimum atomic E-state index is -0.324. The lowest BCUT2D eigenvalue weighted by molar-refractivity contribution is 0.102. The number of anilines is 1. The molecule has 2 heterocycles. The minimum Gasteiger partial charge on any atom is -0.486 e. The third-order valence-corrected chi connectivity index (χ3v) is 4.13. The number of nitrogens with one attached hydrogen (secondary N) is 1. The van der Waals surface area contributed by atoms with Crippen molar-refractivity contribution in [3.63, 3.8) is 0 Å². The van der Waals surface area contributed by atoms with Crippen LogP contribution in [0, 0.1) is 12.7 Å². The monoisotopic (exact) mass is 353 g/mol. The zero-order valence-corrected chi connectivity index (χ0v) is 14.0. The molecule has 6 nitrogen and oxygen atoms in total. The molecule has 1 aliphatic rings. The van der Waals surface area contributed by atoms with Crippen molar-refractivity contribution < 1.29 is 18.7 Å². The first-order valence-corrected chi connectivity index (χ1v) is 8.13. The molecule has 4 rings (SSSR count). The summed E-state index contributed by atoms with van der Waals surface area (Å²) in [5, 5.41) is 7.07. The van der Waals surface area contributed by atoms with Crippen LogP contribution in [0.4, 0.5) is 10.1 Å². The summed E-state index contributed by atoms with van der Waals surface area (Å²) >= 11 is 0. The number of halogens is 1. The molecule has 0 aliphatic carbocycles. The maximum absolute atomic E-state index is 13.1. The molecular weight excluding hydrogens is 337 g/mol. The van der Waals surface area contributed by atoms with Crippen molar-refractivity contribution in [2.24, 2.45) is 0 Å². The summed E-state index contributed by atoms with van der Waals surface area (Å²) in [7, 11) is 0. The van der Waals surface area contributed by atoms with Crippen LogP contribution in [-0.2, 0) is 0 Å². The van der Waals surface area contributed by atoms with Crippen LogP contribution < -0.4 is 14.8 Å². The van der Waals surface area contributed by atoms with Crippen LogP contribution in [0.15, 0.2) is 48.7 Å². The van der Waals surface area contributed by atoms with Crippen molar-refractivity contribution in [1.82, 2.24) is 9.78 Å². The molecule has 0 fully saturated rings. The highest BCUT2D eigenvalue weighted by Crippen LogP contribution is 2.32. The van der Waals surface area contributed by atoms with E-state index in [0.717, 1.165) is 0 Å². The number of amides is 1. The SMILES string of the molecule is Cc1c(C(=O)Nc2ccc3c(c2)OCCO3)cnn1-c1ccc(F)cc1. The first kappa shape index (κ1) is 16.1. The molecule has 0 atom stereocenters. The molecule has 0 spiro atoms. The largest absolute Gasteiger partial charge is 0.486 e. The van der Waals surface area contributed by atoms with Gasteiger partial charge in [-0.25, -0.2) is 9.07 Å². The van der Waals surface area contributed by atoms with Crippen LogP contribution in [0.1, 0.15) is 16.1 Å². The summed E-state index contributed by atoms with van der Waals surface area (Å²) in [6.45, 7) is 2.78. The molecule has 132 valence electrons. The molecule has 26 heavy (non-hydrogen) atoms. The number of carbonyl (C=O) groups excluding carboxylic acids is 1. The van der Waals surface area contributed by atoms with Gasteiger partial charge in [-0.05, 0) is 43.3 Å². The molecule has 1 aliphatic heterocycles. The number of hydrogen-bond donors (Lipinski definition) is 1. The van der Waals surface area contributed by atoms with Gasteiger partial charge in [-0.3, -0.25) is 4.79 Å². The van der Waals surface area contributed by atoms with Crippen LogP contribution in [0.3, 0.4) is 0 Å². The van der Waals surface area contributed by atoms with Crippen molar-refractivity contribution in [1.29, 1.82) is 0 Å². The third kappa shape index (κ3) is 2.99. The summed E-state index contributed by atoms with van der Waals surface area (Å²) in [5.41, 5.74) is 2.38. The van der Waals surface area contributed by atoms with E-state index < -0.39 is 0 Å². The molecule has 7 heteroatoms. The topological polar surface area (TPSA) is 65.4 Å². The number of carbonyl (C=O) groups is 1. The molecule has 1 aromatic heterocycles. The fraction of sp³-hybridized carbons (Fsp3) is 0.158. The van der Waals surface area contributed by atoms with Crippen molar-refractivity contribution in [2.75, 3.05) is 18.5 Å². The van der Waals surface area contributed by atoms with Crippen molar-refractivity contribution in [2.45, 2.75) is 6.92 Å². The van der Waals surface area contributed by atoms with Gasteiger partial charge in [0.25, 0.3) is 5.91 Å². The number of nitrogens with zero attached hydrogens (tertiary/aromatic N) is 2. The molecular formula is C19H16FN3O3. The average molecular weight is 353 g/mol. The fourth-order valence-corrected chi connectivity index (χ4v) is 2.79. The van der Waals surface area contributed by atoms with Gasteiger partial charge in [0, 0.05) is 11.8 Å². The van der Waals surface area contributed by atoms with Crippen molar-refractivity contribution in [3.05, 3.63) is 65.7 Å². The van der Waals surface area contributed by atoms with Gasteiger partial charge in [-0.1, -0.05) is 0 Å². The van der Waals surface area contributed by atoms with Crippen LogP contribution in [0.2, 0.25) is 0 Å². The predicted molar refractivity (Wildman–Crippen MR) is 93.6 cm³/mol. The Kier molecular flexibility index (Phi) is 4.04. The van der Waals surface area contributed by atoms with Gasteiger partial charge >= 0.3 is 0 Å². The molecule has 1 amide bonds. The molecule has 0 saturated heterocycles. The Hall–Kier alpha value is -3.35. The van der Waals surface area contributed by atoms with Crippen molar-refractivity contribution >= 4 is 11.6 Å². The Morgan fingerprint density at radius 2 is 1.85 bits per heavy atom. The Bertz CT molecular complexity index is 967. The van der Waals surface area contributed by atoms with E-state index >= 15 is 0 Å². The van der Waals surface area contributed by atoms with Crippen LogP contribution in [0.5, 0.6) is 11.5 Å². The summed E-state index contributed by atoms with van der Waals surface area (Å²) in [6.07, 6.45) is 1.49. The molecule has 1 N–H and O–H groups in total. The lowest BCUT2D eigenvalue weighted by atomic mass is 10.2. The van der Waals surface area contributed by atoms with E-state index in [-0.39, 0.29) is 11.7 Å². The van der Waals surface area contributed by atoms with Crippen LogP contribution in [0.25, 0.3) is 5.69 Å². The number of aromatic nitrogens is 2. The first-order valence-electron chi connectivity index (χ1n) is 8.13. The number of benzene rings is 2. The number of rotatable bonds is 3. The summed E-state index contributed by atoms with van der Waals surface area (Å²) in [6, 6.07) is 11.2. The Morgan fingerprint density at radius 3 is 2.62 bits per heavy atom. The van der Waals surface area contributed by atoms with Gasteiger partial charge in [0.1, 0.15) is 19.0 Å². The second-order valence-electron chi connectivity index (χ2n) is 5.84. The van der Waals surface area contributed by atoms with Gasteiger partial charge in [-0.15, -0.1) is 0 Å². The number of fused-ring (bicyclic) bond motifs is 1. The highest BCUT2D eigenvalue weighted by molar-refractivity contribution is 6.05. The van der Waals surface area contributed by atoms with Gasteiger partial charge in [0.05, 0.1) is 23.1 Å². The molecule has 3 aromatic rings. The average Bonchev–Trinajstić information content (AvgIpc) is 3.04. The highest BCUT2D eigenvalue weighted by atomic mass is 19.1. The number of hydrogen-bond acceptors (Lipinski definition) is 4. The van der Waals surface area contributed by atoms with E-state index in [4.69, 9.17) is 9.47 Å². The Morgan fingerprint density at radius 1 is 1.12 bits per heavy atom. The van der Waals surface area contributed by atoms with Gasteiger partial charge in [0.15, 0.2) is 11.5 Å². The van der Waals surface area contributed by atoms with Crippen LogP contribution >= 0.6 is 0 Å². The molecule has 0 bridgehead atoms. The Labute approximate surface area is 149 Å². The zero-order chi connectivity index (χ0) is 18.1. The van der Waals surface area contributed by atoms with Crippen LogP contribution in [-0.4, -0.2) is 28.9 Å². The maximum Gasteiger partial charge on any atom is 0.259 e. The van der Waals surface area contributed by atoms with Gasteiger partial charge in [0.2, 0.25) is 0 Å². The summed E-state index contributed by atoms with van der Waals surface area (Å²) in [4.78, 5) is 12.6. The maximum atomic E-state index is 13.1. The fourth-order valence-electron chi connectivity index (χ4n) is 2.79.